The first-order valence-corrected chi connectivity index (χ1v) is 3.61. The number of aromatic nitrogens is 1. The van der Waals surface area contributed by atoms with Crippen LogP contribution in [0.25, 0.3) is 0 Å². The SMILES string of the molecule is C=CC[C@@H](N)c1cccnc1.Cl. The summed E-state index contributed by atoms with van der Waals surface area (Å²) in [7, 11) is 0. The van der Waals surface area contributed by atoms with Crippen LogP contribution in [0.1, 0.15) is 18.0 Å². The van der Waals surface area contributed by atoms with Gasteiger partial charge in [0.1, 0.15) is 0 Å². The maximum Gasteiger partial charge on any atom is 0.0345 e. The van der Waals surface area contributed by atoms with Gasteiger partial charge in [0.25, 0.3) is 0 Å². The van der Waals surface area contributed by atoms with E-state index in [9.17, 15) is 0 Å². The number of hydrogen-bond donors (Lipinski definition) is 1. The summed E-state index contributed by atoms with van der Waals surface area (Å²) in [6.45, 7) is 3.63. The molecule has 3 heteroatoms. The Balaban J connectivity index is 0.00000121. The molecule has 0 amide bonds. The molecule has 1 heterocycles. The molecule has 0 unspecified atom stereocenters. The van der Waals surface area contributed by atoms with E-state index >= 15 is 0 Å². The molecule has 0 saturated heterocycles. The Morgan fingerprint density at radius 2 is 2.42 bits per heavy atom. The predicted octanol–water partition coefficient (Wildman–Crippen LogP) is 2.08. The van der Waals surface area contributed by atoms with E-state index in [1.54, 1.807) is 12.4 Å². The van der Waals surface area contributed by atoms with Crippen LogP contribution < -0.4 is 5.73 Å². The number of pyridine rings is 1. The number of hydrogen-bond acceptors (Lipinski definition) is 2. The third-order valence-electron chi connectivity index (χ3n) is 1.53. The molecule has 0 radical (unpaired) electrons. The Morgan fingerprint density at radius 3 is 2.92 bits per heavy atom. The zero-order valence-electron chi connectivity index (χ0n) is 6.81. The van der Waals surface area contributed by atoms with Crippen molar-refractivity contribution in [3.63, 3.8) is 0 Å². The van der Waals surface area contributed by atoms with Crippen LogP contribution in [-0.4, -0.2) is 4.98 Å². The molecule has 1 rings (SSSR count). The van der Waals surface area contributed by atoms with E-state index in [1.807, 2.05) is 18.2 Å². The van der Waals surface area contributed by atoms with Gasteiger partial charge in [-0.25, -0.2) is 0 Å². The van der Waals surface area contributed by atoms with Gasteiger partial charge in [0.15, 0.2) is 0 Å². The van der Waals surface area contributed by atoms with E-state index in [2.05, 4.69) is 11.6 Å². The van der Waals surface area contributed by atoms with Crippen molar-refractivity contribution in [1.29, 1.82) is 0 Å². The summed E-state index contributed by atoms with van der Waals surface area (Å²) < 4.78 is 0. The summed E-state index contributed by atoms with van der Waals surface area (Å²) in [6.07, 6.45) is 6.14. The second-order valence-corrected chi connectivity index (χ2v) is 2.42. The lowest BCUT2D eigenvalue weighted by atomic mass is 10.1. The minimum Gasteiger partial charge on any atom is -0.324 e. The topological polar surface area (TPSA) is 38.9 Å². The average Bonchev–Trinajstić information content (AvgIpc) is 2.07. The van der Waals surface area contributed by atoms with Crippen LogP contribution in [0.2, 0.25) is 0 Å². The second-order valence-electron chi connectivity index (χ2n) is 2.42. The van der Waals surface area contributed by atoms with Crippen LogP contribution >= 0.6 is 12.4 Å². The molecule has 1 aromatic heterocycles. The molecule has 0 aliphatic heterocycles. The number of nitrogens with two attached hydrogens (primary N) is 1. The number of halogens is 1. The standard InChI is InChI=1S/C9H12N2.ClH/c1-2-4-9(10)8-5-3-6-11-7-8;/h2-3,5-7,9H,1,4,10H2;1H/t9-;/m1./s1. The molecule has 2 nitrogen and oxygen atoms in total. The van der Waals surface area contributed by atoms with Gasteiger partial charge >= 0.3 is 0 Å². The fourth-order valence-electron chi connectivity index (χ4n) is 0.911. The average molecular weight is 185 g/mol. The first kappa shape index (κ1) is 11.1. The Morgan fingerprint density at radius 1 is 1.67 bits per heavy atom. The van der Waals surface area contributed by atoms with Crippen molar-refractivity contribution < 1.29 is 0 Å². The van der Waals surface area contributed by atoms with Gasteiger partial charge in [0, 0.05) is 18.4 Å². The van der Waals surface area contributed by atoms with E-state index in [0.29, 0.717) is 0 Å². The smallest absolute Gasteiger partial charge is 0.0345 e. The summed E-state index contributed by atoms with van der Waals surface area (Å²) in [5.74, 6) is 0. The Hall–Kier alpha value is -0.860. The molecule has 0 saturated carbocycles. The minimum absolute atomic E-state index is 0. The molecule has 0 fully saturated rings. The molecule has 0 aromatic carbocycles. The monoisotopic (exact) mass is 184 g/mol. The fraction of sp³-hybridized carbons (Fsp3) is 0.222. The van der Waals surface area contributed by atoms with Crippen LogP contribution in [0.4, 0.5) is 0 Å². The fourth-order valence-corrected chi connectivity index (χ4v) is 0.911. The van der Waals surface area contributed by atoms with Crippen molar-refractivity contribution in [1.82, 2.24) is 4.98 Å². The van der Waals surface area contributed by atoms with Crippen LogP contribution in [0.15, 0.2) is 37.2 Å². The molecule has 0 bridgehead atoms. The van der Waals surface area contributed by atoms with E-state index in [-0.39, 0.29) is 18.4 Å². The highest BCUT2D eigenvalue weighted by Crippen LogP contribution is 2.11. The van der Waals surface area contributed by atoms with E-state index in [0.717, 1.165) is 12.0 Å². The van der Waals surface area contributed by atoms with Crippen molar-refractivity contribution in [2.45, 2.75) is 12.5 Å². The highest BCUT2D eigenvalue weighted by Gasteiger charge is 2.01. The summed E-state index contributed by atoms with van der Waals surface area (Å²) in [4.78, 5) is 3.97. The molecule has 66 valence electrons. The maximum atomic E-state index is 5.79. The second kappa shape index (κ2) is 5.75. The molecule has 12 heavy (non-hydrogen) atoms. The van der Waals surface area contributed by atoms with E-state index in [1.165, 1.54) is 0 Å². The quantitative estimate of drug-likeness (QED) is 0.731. The van der Waals surface area contributed by atoms with Crippen LogP contribution in [-0.2, 0) is 0 Å². The Labute approximate surface area is 78.9 Å². The number of rotatable bonds is 3. The van der Waals surface area contributed by atoms with Crippen molar-refractivity contribution >= 4 is 12.4 Å². The summed E-state index contributed by atoms with van der Waals surface area (Å²) in [5, 5.41) is 0. The van der Waals surface area contributed by atoms with Gasteiger partial charge < -0.3 is 5.73 Å². The van der Waals surface area contributed by atoms with Crippen LogP contribution in [0.5, 0.6) is 0 Å². The lowest BCUT2D eigenvalue weighted by molar-refractivity contribution is 0.737. The summed E-state index contributed by atoms with van der Waals surface area (Å²) >= 11 is 0. The zero-order valence-corrected chi connectivity index (χ0v) is 7.63. The molecular weight excluding hydrogens is 172 g/mol. The van der Waals surface area contributed by atoms with Gasteiger partial charge in [-0.3, -0.25) is 4.98 Å². The molecule has 0 aliphatic carbocycles. The predicted molar refractivity (Wildman–Crippen MR) is 53.2 cm³/mol. The normalized spacial score (nSPS) is 11.4. The van der Waals surface area contributed by atoms with E-state index < -0.39 is 0 Å². The lowest BCUT2D eigenvalue weighted by Gasteiger charge is -2.06. The molecular formula is C9H13ClN2. The first-order valence-electron chi connectivity index (χ1n) is 3.61. The molecule has 2 N–H and O–H groups in total. The zero-order chi connectivity index (χ0) is 8.10. The lowest BCUT2D eigenvalue weighted by Crippen LogP contribution is -2.08. The van der Waals surface area contributed by atoms with Crippen LogP contribution in [0.3, 0.4) is 0 Å². The highest BCUT2D eigenvalue weighted by molar-refractivity contribution is 5.85. The van der Waals surface area contributed by atoms with Gasteiger partial charge in [-0.15, -0.1) is 19.0 Å². The van der Waals surface area contributed by atoms with Gasteiger partial charge in [0.2, 0.25) is 0 Å². The molecule has 1 atom stereocenters. The maximum absolute atomic E-state index is 5.79. The van der Waals surface area contributed by atoms with Crippen molar-refractivity contribution in [3.8, 4) is 0 Å². The third kappa shape index (κ3) is 3.03. The summed E-state index contributed by atoms with van der Waals surface area (Å²) in [6, 6.07) is 3.90. The molecule has 0 aliphatic rings. The third-order valence-corrected chi connectivity index (χ3v) is 1.53. The Bertz CT molecular complexity index is 223. The molecule has 1 aromatic rings. The van der Waals surface area contributed by atoms with Crippen molar-refractivity contribution in [2.75, 3.05) is 0 Å². The van der Waals surface area contributed by atoms with Gasteiger partial charge in [0.05, 0.1) is 0 Å². The minimum atomic E-state index is 0. The van der Waals surface area contributed by atoms with Crippen molar-refractivity contribution in [2.24, 2.45) is 5.73 Å². The van der Waals surface area contributed by atoms with Gasteiger partial charge in [-0.1, -0.05) is 12.1 Å². The van der Waals surface area contributed by atoms with Crippen molar-refractivity contribution in [3.05, 3.63) is 42.7 Å². The Kier molecular flexibility index (Phi) is 5.34. The molecule has 0 spiro atoms. The van der Waals surface area contributed by atoms with E-state index in [4.69, 9.17) is 5.73 Å². The highest BCUT2D eigenvalue weighted by atomic mass is 35.5. The first-order chi connectivity index (χ1) is 5.34. The van der Waals surface area contributed by atoms with Gasteiger partial charge in [-0.05, 0) is 18.1 Å². The summed E-state index contributed by atoms with van der Waals surface area (Å²) in [5.41, 5.74) is 6.86. The largest absolute Gasteiger partial charge is 0.324 e. The number of nitrogens with zero attached hydrogens (tertiary/aromatic N) is 1. The van der Waals surface area contributed by atoms with Crippen LogP contribution in [0, 0.1) is 0 Å². The van der Waals surface area contributed by atoms with Gasteiger partial charge in [-0.2, -0.15) is 0 Å².